The van der Waals surface area contributed by atoms with Gasteiger partial charge in [-0.1, -0.05) is 12.1 Å². The molecule has 1 aromatic carbocycles. The molecular formula is C20H29N5O2S. The molecule has 2 aromatic rings. The van der Waals surface area contributed by atoms with Crippen LogP contribution in [0.25, 0.3) is 0 Å². The molecule has 0 fully saturated rings. The van der Waals surface area contributed by atoms with E-state index in [1.807, 2.05) is 24.3 Å². The fourth-order valence-electron chi connectivity index (χ4n) is 2.67. The Balaban J connectivity index is 1.92. The molecule has 0 unspecified atom stereocenters. The van der Waals surface area contributed by atoms with Crippen molar-refractivity contribution in [2.75, 3.05) is 38.2 Å². The van der Waals surface area contributed by atoms with Crippen LogP contribution in [0.3, 0.4) is 0 Å². The molecule has 0 bridgehead atoms. The Morgan fingerprint density at radius 3 is 2.46 bits per heavy atom. The smallest absolute Gasteiger partial charge is 0.223 e. The third kappa shape index (κ3) is 7.28. The standard InChI is InChI=1S/C20H29N5O2S/c1-14(26)23-20-24-17(9-6-15-4-7-16(21)8-5-15)18(28-20)10-12-22-13-11-19(27)25(2)3/h4-5,7-8,22H,6,9-13,21H2,1-3H3,(H,23,24,26). The van der Waals surface area contributed by atoms with E-state index in [9.17, 15) is 9.59 Å². The number of anilines is 2. The Morgan fingerprint density at radius 2 is 1.82 bits per heavy atom. The van der Waals surface area contributed by atoms with Gasteiger partial charge in [0.1, 0.15) is 0 Å². The Bertz CT molecular complexity index is 786. The fourth-order valence-corrected chi connectivity index (χ4v) is 3.72. The van der Waals surface area contributed by atoms with Gasteiger partial charge < -0.3 is 21.3 Å². The quantitative estimate of drug-likeness (QED) is 0.417. The number of nitrogen functional groups attached to an aromatic ring is 1. The molecule has 0 aliphatic carbocycles. The monoisotopic (exact) mass is 403 g/mol. The van der Waals surface area contributed by atoms with E-state index in [0.717, 1.165) is 42.1 Å². The van der Waals surface area contributed by atoms with E-state index in [0.29, 0.717) is 18.1 Å². The lowest BCUT2D eigenvalue weighted by molar-refractivity contribution is -0.128. The van der Waals surface area contributed by atoms with Crippen LogP contribution in [-0.4, -0.2) is 48.9 Å². The van der Waals surface area contributed by atoms with Crippen molar-refractivity contribution in [3.63, 3.8) is 0 Å². The van der Waals surface area contributed by atoms with Gasteiger partial charge in [0, 0.05) is 51.1 Å². The van der Waals surface area contributed by atoms with Gasteiger partial charge in [0.15, 0.2) is 5.13 Å². The molecule has 1 heterocycles. The number of hydrogen-bond donors (Lipinski definition) is 3. The summed E-state index contributed by atoms with van der Waals surface area (Å²) in [6.07, 6.45) is 2.96. The van der Waals surface area contributed by atoms with Crippen molar-refractivity contribution in [1.82, 2.24) is 15.2 Å². The minimum atomic E-state index is -0.120. The lowest BCUT2D eigenvalue weighted by Crippen LogP contribution is -2.27. The average molecular weight is 404 g/mol. The first-order valence-electron chi connectivity index (χ1n) is 9.36. The van der Waals surface area contributed by atoms with Crippen molar-refractivity contribution in [2.24, 2.45) is 0 Å². The number of benzene rings is 1. The third-order valence-corrected chi connectivity index (χ3v) is 5.31. The SMILES string of the molecule is CC(=O)Nc1nc(CCc2ccc(N)cc2)c(CCNCCC(=O)N(C)C)s1. The number of nitrogens with zero attached hydrogens (tertiary/aromatic N) is 2. The van der Waals surface area contributed by atoms with E-state index in [-0.39, 0.29) is 11.8 Å². The van der Waals surface area contributed by atoms with Gasteiger partial charge in [0.05, 0.1) is 5.69 Å². The van der Waals surface area contributed by atoms with Crippen molar-refractivity contribution in [2.45, 2.75) is 32.6 Å². The highest BCUT2D eigenvalue weighted by Crippen LogP contribution is 2.25. The molecular weight excluding hydrogens is 374 g/mol. The molecule has 0 saturated heterocycles. The fraction of sp³-hybridized carbons (Fsp3) is 0.450. The van der Waals surface area contributed by atoms with Crippen LogP contribution >= 0.6 is 11.3 Å². The number of carbonyl (C=O) groups is 2. The van der Waals surface area contributed by atoms with Gasteiger partial charge in [-0.15, -0.1) is 11.3 Å². The summed E-state index contributed by atoms with van der Waals surface area (Å²) in [7, 11) is 3.52. The summed E-state index contributed by atoms with van der Waals surface area (Å²) in [5, 5.41) is 6.73. The van der Waals surface area contributed by atoms with E-state index >= 15 is 0 Å². The summed E-state index contributed by atoms with van der Waals surface area (Å²) in [6, 6.07) is 7.86. The van der Waals surface area contributed by atoms with Gasteiger partial charge in [0.2, 0.25) is 11.8 Å². The van der Waals surface area contributed by atoms with Crippen LogP contribution in [0.15, 0.2) is 24.3 Å². The molecule has 0 spiro atoms. The first kappa shape index (κ1) is 21.8. The van der Waals surface area contributed by atoms with E-state index in [1.165, 1.54) is 23.8 Å². The van der Waals surface area contributed by atoms with Gasteiger partial charge in [-0.2, -0.15) is 0 Å². The number of aryl methyl sites for hydroxylation is 2. The van der Waals surface area contributed by atoms with Crippen LogP contribution in [0.1, 0.15) is 29.5 Å². The second kappa shape index (κ2) is 10.8. The predicted octanol–water partition coefficient (Wildman–Crippen LogP) is 2.08. The van der Waals surface area contributed by atoms with E-state index < -0.39 is 0 Å². The molecule has 8 heteroatoms. The van der Waals surface area contributed by atoms with Gasteiger partial charge in [0.25, 0.3) is 0 Å². The average Bonchev–Trinajstić information content (AvgIpc) is 3.01. The summed E-state index contributed by atoms with van der Waals surface area (Å²) in [4.78, 5) is 30.3. The van der Waals surface area contributed by atoms with E-state index in [1.54, 1.807) is 19.0 Å². The maximum atomic E-state index is 11.6. The van der Waals surface area contributed by atoms with Crippen LogP contribution < -0.4 is 16.4 Å². The first-order valence-corrected chi connectivity index (χ1v) is 10.2. The molecule has 0 saturated carbocycles. The zero-order chi connectivity index (χ0) is 20.5. The number of hydrogen-bond acceptors (Lipinski definition) is 6. The maximum absolute atomic E-state index is 11.6. The minimum absolute atomic E-state index is 0.113. The number of nitrogens with two attached hydrogens (primary N) is 1. The van der Waals surface area contributed by atoms with Gasteiger partial charge in [-0.25, -0.2) is 4.98 Å². The Morgan fingerprint density at radius 1 is 1.11 bits per heavy atom. The number of rotatable bonds is 10. The Labute approximate surface area is 170 Å². The molecule has 152 valence electrons. The third-order valence-electron chi connectivity index (χ3n) is 4.23. The first-order chi connectivity index (χ1) is 13.3. The van der Waals surface area contributed by atoms with Crippen LogP contribution in [0.2, 0.25) is 0 Å². The molecule has 2 rings (SSSR count). The minimum Gasteiger partial charge on any atom is -0.399 e. The Hall–Kier alpha value is -2.45. The molecule has 0 aliphatic rings. The van der Waals surface area contributed by atoms with E-state index in [2.05, 4.69) is 15.6 Å². The number of carbonyl (C=O) groups excluding carboxylic acids is 2. The molecule has 1 aromatic heterocycles. The molecule has 0 atom stereocenters. The number of amides is 2. The summed E-state index contributed by atoms with van der Waals surface area (Å²) in [5.41, 5.74) is 8.71. The van der Waals surface area contributed by atoms with Gasteiger partial charge in [-0.05, 0) is 37.0 Å². The molecule has 0 aliphatic heterocycles. The largest absolute Gasteiger partial charge is 0.399 e. The molecule has 7 nitrogen and oxygen atoms in total. The zero-order valence-electron chi connectivity index (χ0n) is 16.7. The zero-order valence-corrected chi connectivity index (χ0v) is 17.6. The van der Waals surface area contributed by atoms with Crippen molar-refractivity contribution in [3.8, 4) is 0 Å². The highest BCUT2D eigenvalue weighted by atomic mass is 32.1. The van der Waals surface area contributed by atoms with Crippen molar-refractivity contribution >= 4 is 34.0 Å². The van der Waals surface area contributed by atoms with Crippen molar-refractivity contribution < 1.29 is 9.59 Å². The molecule has 2 amide bonds. The number of aromatic nitrogens is 1. The highest BCUT2D eigenvalue weighted by molar-refractivity contribution is 7.15. The second-order valence-electron chi connectivity index (χ2n) is 6.85. The van der Waals surface area contributed by atoms with E-state index in [4.69, 9.17) is 5.73 Å². The normalized spacial score (nSPS) is 10.7. The number of thiazole rings is 1. The highest BCUT2D eigenvalue weighted by Gasteiger charge is 2.12. The molecule has 4 N–H and O–H groups in total. The van der Waals surface area contributed by atoms with Crippen LogP contribution in [0.4, 0.5) is 10.8 Å². The number of nitrogens with one attached hydrogen (secondary N) is 2. The van der Waals surface area contributed by atoms with Crippen LogP contribution in [0.5, 0.6) is 0 Å². The second-order valence-corrected chi connectivity index (χ2v) is 7.93. The lowest BCUT2D eigenvalue weighted by atomic mass is 10.1. The maximum Gasteiger partial charge on any atom is 0.223 e. The lowest BCUT2D eigenvalue weighted by Gasteiger charge is -2.10. The van der Waals surface area contributed by atoms with Crippen molar-refractivity contribution in [3.05, 3.63) is 40.4 Å². The molecule has 0 radical (unpaired) electrons. The van der Waals surface area contributed by atoms with Gasteiger partial charge in [-0.3, -0.25) is 9.59 Å². The van der Waals surface area contributed by atoms with Crippen molar-refractivity contribution in [1.29, 1.82) is 0 Å². The van der Waals surface area contributed by atoms with Gasteiger partial charge >= 0.3 is 0 Å². The van der Waals surface area contributed by atoms with Crippen LogP contribution in [0, 0.1) is 0 Å². The summed E-state index contributed by atoms with van der Waals surface area (Å²) in [5.74, 6) is -0.00636. The Kier molecular flexibility index (Phi) is 8.41. The topological polar surface area (TPSA) is 100 Å². The van der Waals surface area contributed by atoms with Crippen LogP contribution in [-0.2, 0) is 28.9 Å². The summed E-state index contributed by atoms with van der Waals surface area (Å²) in [6.45, 7) is 2.89. The molecule has 28 heavy (non-hydrogen) atoms. The summed E-state index contributed by atoms with van der Waals surface area (Å²) >= 11 is 1.52. The summed E-state index contributed by atoms with van der Waals surface area (Å²) < 4.78 is 0. The predicted molar refractivity (Wildman–Crippen MR) is 115 cm³/mol.